The second-order valence-corrected chi connectivity index (χ2v) is 2.99. The van der Waals surface area contributed by atoms with Crippen molar-refractivity contribution in [2.75, 3.05) is 0 Å². The lowest BCUT2D eigenvalue weighted by Crippen LogP contribution is -1.76. The summed E-state index contributed by atoms with van der Waals surface area (Å²) >= 11 is 8.34. The quantitative estimate of drug-likeness (QED) is 0.592. The molecule has 0 spiro atoms. The first-order valence-electron chi connectivity index (χ1n) is 2.88. The van der Waals surface area contributed by atoms with Gasteiger partial charge in [-0.05, 0) is 6.07 Å². The van der Waals surface area contributed by atoms with Crippen molar-refractivity contribution in [3.63, 3.8) is 0 Å². The Morgan fingerprint density at radius 3 is 2.30 bits per heavy atom. The summed E-state index contributed by atoms with van der Waals surface area (Å²) in [6.07, 6.45) is 0. The highest BCUT2D eigenvalue weighted by atomic mass is 32.1. The Bertz CT molecular complexity index is 253. The molecule has 1 aromatic rings. The molecule has 0 fully saturated rings. The Labute approximate surface area is 71.8 Å². The molecule has 52 valence electrons. The Morgan fingerprint density at radius 1 is 1.30 bits per heavy atom. The van der Waals surface area contributed by atoms with E-state index < -0.39 is 0 Å². The monoisotopic (exact) mass is 168 g/mol. The molecule has 0 saturated heterocycles. The van der Waals surface area contributed by atoms with Gasteiger partial charge in [0.2, 0.25) is 0 Å². The van der Waals surface area contributed by atoms with Crippen molar-refractivity contribution < 1.29 is 0 Å². The van der Waals surface area contributed by atoms with E-state index in [1.165, 1.54) is 0 Å². The molecule has 0 aliphatic carbocycles. The summed E-state index contributed by atoms with van der Waals surface area (Å²) in [4.78, 5) is 1.67. The largest absolute Gasteiger partial charge is 0.143 e. The summed E-state index contributed by atoms with van der Waals surface area (Å²) < 4.78 is 0. The van der Waals surface area contributed by atoms with Crippen LogP contribution in [0.1, 0.15) is 5.56 Å². The van der Waals surface area contributed by atoms with Gasteiger partial charge in [0.25, 0.3) is 0 Å². The molecule has 0 N–H and O–H groups in total. The number of rotatable bonds is 1. The molecule has 1 rings (SSSR count). The van der Waals surface area contributed by atoms with Crippen LogP contribution in [0.15, 0.2) is 35.7 Å². The Kier molecular flexibility index (Phi) is 2.46. The normalized spacial score (nSPS) is 9.40. The van der Waals surface area contributed by atoms with Gasteiger partial charge in [0.05, 0.1) is 0 Å². The summed E-state index contributed by atoms with van der Waals surface area (Å²) in [6.45, 7) is 3.70. The number of hydrogen-bond donors (Lipinski definition) is 2. The third-order valence-electron chi connectivity index (χ3n) is 1.21. The van der Waals surface area contributed by atoms with E-state index >= 15 is 0 Å². The minimum Gasteiger partial charge on any atom is -0.143 e. The summed E-state index contributed by atoms with van der Waals surface area (Å²) in [5.41, 5.74) is 0.995. The third kappa shape index (κ3) is 1.58. The van der Waals surface area contributed by atoms with Gasteiger partial charge < -0.3 is 0 Å². The topological polar surface area (TPSA) is 0 Å². The highest BCUT2D eigenvalue weighted by Crippen LogP contribution is 2.22. The molecular weight excluding hydrogens is 160 g/mol. The number of thiol groups is 2. The highest BCUT2D eigenvalue weighted by molar-refractivity contribution is 7.90. The van der Waals surface area contributed by atoms with E-state index in [1.807, 2.05) is 24.3 Å². The molecule has 10 heavy (non-hydrogen) atoms. The zero-order valence-corrected chi connectivity index (χ0v) is 7.20. The predicted octanol–water partition coefficient (Wildman–Crippen LogP) is 2.88. The molecule has 0 aromatic heterocycles. The van der Waals surface area contributed by atoms with Gasteiger partial charge in [-0.2, -0.15) is 0 Å². The molecule has 0 nitrogen and oxygen atoms in total. The lowest BCUT2D eigenvalue weighted by molar-refractivity contribution is 1.43. The predicted molar refractivity (Wildman–Crippen MR) is 51.7 cm³/mol. The number of hydrogen-bond acceptors (Lipinski definition) is 2. The van der Waals surface area contributed by atoms with E-state index in [2.05, 4.69) is 31.8 Å². The molecule has 0 amide bonds. The van der Waals surface area contributed by atoms with Gasteiger partial charge in [0.15, 0.2) is 0 Å². The van der Waals surface area contributed by atoms with Crippen molar-refractivity contribution in [1.29, 1.82) is 0 Å². The summed E-state index contributed by atoms with van der Waals surface area (Å²) in [5, 5.41) is 0. The number of benzene rings is 1. The minimum absolute atomic E-state index is 0.755. The molecule has 0 unspecified atom stereocenters. The molecule has 0 aliphatic heterocycles. The fraction of sp³-hybridized carbons (Fsp3) is 0. The fourth-order valence-electron chi connectivity index (χ4n) is 0.718. The van der Waals surface area contributed by atoms with Crippen molar-refractivity contribution in [1.82, 2.24) is 0 Å². The molecule has 1 aromatic carbocycles. The summed E-state index contributed by atoms with van der Waals surface area (Å²) in [5.74, 6) is 0. The first-order chi connectivity index (χ1) is 4.72. The van der Waals surface area contributed by atoms with Gasteiger partial charge in [-0.25, -0.2) is 0 Å². The second-order valence-electron chi connectivity index (χ2n) is 1.96. The van der Waals surface area contributed by atoms with Crippen molar-refractivity contribution in [3.8, 4) is 0 Å². The van der Waals surface area contributed by atoms with E-state index in [9.17, 15) is 0 Å². The summed E-state index contributed by atoms with van der Waals surface area (Å²) in [6, 6.07) is 7.73. The van der Waals surface area contributed by atoms with Crippen molar-refractivity contribution in [2.24, 2.45) is 0 Å². The van der Waals surface area contributed by atoms with E-state index in [0.29, 0.717) is 0 Å². The zero-order valence-electron chi connectivity index (χ0n) is 5.41. The van der Waals surface area contributed by atoms with Gasteiger partial charge in [0.1, 0.15) is 0 Å². The second kappa shape index (κ2) is 3.17. The van der Waals surface area contributed by atoms with E-state index in [1.54, 1.807) is 0 Å². The van der Waals surface area contributed by atoms with E-state index in [-0.39, 0.29) is 0 Å². The van der Waals surface area contributed by atoms with Crippen LogP contribution in [0.3, 0.4) is 0 Å². The van der Waals surface area contributed by atoms with E-state index in [0.717, 1.165) is 15.4 Å². The van der Waals surface area contributed by atoms with Crippen LogP contribution in [0.25, 0.3) is 4.91 Å². The smallest absolute Gasteiger partial charge is 0.0123 e. The molecule has 0 radical (unpaired) electrons. The van der Waals surface area contributed by atoms with Crippen LogP contribution >= 0.6 is 25.3 Å². The van der Waals surface area contributed by atoms with Crippen LogP contribution in [0.5, 0.6) is 0 Å². The van der Waals surface area contributed by atoms with Crippen LogP contribution in [0.2, 0.25) is 0 Å². The van der Waals surface area contributed by atoms with Crippen LogP contribution in [-0.2, 0) is 0 Å². The van der Waals surface area contributed by atoms with Gasteiger partial charge >= 0.3 is 0 Å². The Hall–Kier alpha value is -0.340. The molecule has 0 heterocycles. The minimum atomic E-state index is 0.755. The zero-order chi connectivity index (χ0) is 7.56. The first-order valence-corrected chi connectivity index (χ1v) is 3.77. The van der Waals surface area contributed by atoms with Crippen molar-refractivity contribution in [2.45, 2.75) is 4.90 Å². The highest BCUT2D eigenvalue weighted by Gasteiger charge is 1.95. The van der Waals surface area contributed by atoms with Gasteiger partial charge in [-0.3, -0.25) is 0 Å². The van der Waals surface area contributed by atoms with Crippen LogP contribution < -0.4 is 0 Å². The van der Waals surface area contributed by atoms with Crippen LogP contribution in [0, 0.1) is 0 Å². The van der Waals surface area contributed by atoms with Gasteiger partial charge in [0, 0.05) is 15.4 Å². The first kappa shape index (κ1) is 7.76. The van der Waals surface area contributed by atoms with E-state index in [4.69, 9.17) is 0 Å². The molecule has 2 heteroatoms. The summed E-state index contributed by atoms with van der Waals surface area (Å²) in [7, 11) is 0. The maximum absolute atomic E-state index is 4.23. The molecule has 0 bridgehead atoms. The van der Waals surface area contributed by atoms with Crippen LogP contribution in [0.4, 0.5) is 0 Å². The van der Waals surface area contributed by atoms with Gasteiger partial charge in [-0.15, -0.1) is 25.3 Å². The van der Waals surface area contributed by atoms with Crippen LogP contribution in [-0.4, -0.2) is 0 Å². The average Bonchev–Trinajstić information content (AvgIpc) is 1.88. The molecule has 0 atom stereocenters. The lowest BCUT2D eigenvalue weighted by atomic mass is 10.2. The van der Waals surface area contributed by atoms with Gasteiger partial charge in [-0.1, -0.05) is 24.8 Å². The molecule has 0 aliphatic rings. The third-order valence-corrected chi connectivity index (χ3v) is 1.85. The van der Waals surface area contributed by atoms with Crippen molar-refractivity contribution >= 4 is 30.2 Å². The van der Waals surface area contributed by atoms with Crippen molar-refractivity contribution in [3.05, 3.63) is 36.4 Å². The maximum Gasteiger partial charge on any atom is 0.0123 e. The molecular formula is C8H8S2. The maximum atomic E-state index is 4.23. The lowest BCUT2D eigenvalue weighted by Gasteiger charge is -2.00. The average molecular weight is 168 g/mol. The standard InChI is InChI=1S/C8H8S2/c1-6(9)7-4-2-3-5-8(7)10/h2-5,9-10H,1H2. The fourth-order valence-corrected chi connectivity index (χ4v) is 1.30. The SMILES string of the molecule is C=C(S)c1ccccc1S. The Morgan fingerprint density at radius 2 is 1.90 bits per heavy atom. The Balaban J connectivity index is 3.15. The molecule has 0 saturated carbocycles.